The molecule has 1 aromatic carbocycles. The van der Waals surface area contributed by atoms with Gasteiger partial charge in [0.25, 0.3) is 0 Å². The normalized spacial score (nSPS) is 19.4. The predicted molar refractivity (Wildman–Crippen MR) is 138 cm³/mol. The number of nitrogens with one attached hydrogen (secondary N) is 1. The summed E-state index contributed by atoms with van der Waals surface area (Å²) in [5.74, 6) is 0.697. The van der Waals surface area contributed by atoms with Gasteiger partial charge in [0.1, 0.15) is 5.01 Å². The van der Waals surface area contributed by atoms with Crippen LogP contribution in [-0.2, 0) is 31.4 Å². The number of anilines is 1. The van der Waals surface area contributed by atoms with Gasteiger partial charge in [-0.2, -0.15) is 0 Å². The van der Waals surface area contributed by atoms with Gasteiger partial charge in [0.05, 0.1) is 30.2 Å². The average molecular weight is 559 g/mol. The van der Waals surface area contributed by atoms with Crippen LogP contribution in [0.5, 0.6) is 0 Å². The SMILES string of the molecule is COC(=O)N1CCC2(C1)CN(C(=O)Cc1ncc(SCCCNS(C)(=O)=O)s1)c1ccc(Cl)cc12. The zero-order chi connectivity index (χ0) is 25.2. The number of methoxy groups -OCH3 is 1. The van der Waals surface area contributed by atoms with Crippen molar-refractivity contribution < 1.29 is 22.7 Å². The third kappa shape index (κ3) is 6.11. The van der Waals surface area contributed by atoms with Crippen molar-refractivity contribution in [3.05, 3.63) is 40.0 Å². The molecule has 0 radical (unpaired) electrons. The standard InChI is InChI=1S/C22H27ClN4O5S3/c1-32-21(29)26-8-6-22(13-26)14-27(17-5-4-15(23)10-16(17)22)19(28)11-18-24-12-20(34-18)33-9-3-7-25-35(2,30)31/h4-5,10,12,25H,3,6-9,11,13-14H2,1-2H3. The second kappa shape index (κ2) is 10.6. The molecule has 0 aliphatic carbocycles. The number of amides is 2. The summed E-state index contributed by atoms with van der Waals surface area (Å²) in [7, 11) is -1.80. The summed E-state index contributed by atoms with van der Waals surface area (Å²) >= 11 is 9.37. The summed E-state index contributed by atoms with van der Waals surface area (Å²) in [6, 6.07) is 5.56. The number of carbonyl (C=O) groups excluding carboxylic acids is 2. The monoisotopic (exact) mass is 558 g/mol. The van der Waals surface area contributed by atoms with Crippen molar-refractivity contribution in [3.8, 4) is 0 Å². The Bertz CT molecular complexity index is 1220. The van der Waals surface area contributed by atoms with Gasteiger partial charge < -0.3 is 14.5 Å². The van der Waals surface area contributed by atoms with Gasteiger partial charge in [-0.15, -0.1) is 23.1 Å². The third-order valence-electron chi connectivity index (χ3n) is 6.13. The lowest BCUT2D eigenvalue weighted by atomic mass is 9.81. The van der Waals surface area contributed by atoms with E-state index in [2.05, 4.69) is 9.71 Å². The van der Waals surface area contributed by atoms with Crippen molar-refractivity contribution in [1.82, 2.24) is 14.6 Å². The first kappa shape index (κ1) is 26.2. The lowest BCUT2D eigenvalue weighted by Gasteiger charge is -2.25. The minimum absolute atomic E-state index is 0.0507. The highest BCUT2D eigenvalue weighted by Crippen LogP contribution is 2.47. The van der Waals surface area contributed by atoms with Crippen molar-refractivity contribution in [2.45, 2.75) is 28.9 Å². The Labute approximate surface area is 218 Å². The molecule has 9 nitrogen and oxygen atoms in total. The zero-order valence-electron chi connectivity index (χ0n) is 19.5. The molecule has 1 N–H and O–H groups in total. The van der Waals surface area contributed by atoms with Crippen LogP contribution in [0.1, 0.15) is 23.4 Å². The molecule has 2 amide bonds. The minimum Gasteiger partial charge on any atom is -0.453 e. The van der Waals surface area contributed by atoms with Crippen molar-refractivity contribution >= 4 is 62.4 Å². The van der Waals surface area contributed by atoms with Gasteiger partial charge in [-0.1, -0.05) is 11.6 Å². The number of carbonyl (C=O) groups is 2. The summed E-state index contributed by atoms with van der Waals surface area (Å²) in [5, 5.41) is 1.33. The Morgan fingerprint density at radius 3 is 2.89 bits per heavy atom. The Balaban J connectivity index is 1.40. The highest BCUT2D eigenvalue weighted by atomic mass is 35.5. The van der Waals surface area contributed by atoms with Crippen LogP contribution < -0.4 is 9.62 Å². The van der Waals surface area contributed by atoms with E-state index in [0.29, 0.717) is 37.6 Å². The van der Waals surface area contributed by atoms with Crippen molar-refractivity contribution in [3.63, 3.8) is 0 Å². The molecule has 4 rings (SSSR count). The Morgan fingerprint density at radius 1 is 1.34 bits per heavy atom. The fourth-order valence-corrected chi connectivity index (χ4v) is 7.26. The third-order valence-corrected chi connectivity index (χ3v) is 9.38. The molecule has 2 aromatic rings. The second-order valence-electron chi connectivity index (χ2n) is 8.68. The molecule has 3 heterocycles. The molecular formula is C22H27ClN4O5S3. The maximum atomic E-state index is 13.4. The smallest absolute Gasteiger partial charge is 0.409 e. The molecule has 1 spiro atoms. The Kier molecular flexibility index (Phi) is 7.96. The molecule has 190 valence electrons. The van der Waals surface area contributed by atoms with Crippen LogP contribution in [0.25, 0.3) is 0 Å². The number of hydrogen-bond acceptors (Lipinski definition) is 8. The first-order chi connectivity index (χ1) is 16.6. The molecule has 1 saturated heterocycles. The van der Waals surface area contributed by atoms with E-state index >= 15 is 0 Å². The van der Waals surface area contributed by atoms with Crippen molar-refractivity contribution in [1.29, 1.82) is 0 Å². The fourth-order valence-electron chi connectivity index (χ4n) is 4.54. The number of fused-ring (bicyclic) bond motifs is 2. The molecule has 1 aromatic heterocycles. The Hall–Kier alpha value is -1.86. The first-order valence-corrected chi connectivity index (χ1v) is 15.1. The lowest BCUT2D eigenvalue weighted by Crippen LogP contribution is -2.40. The largest absolute Gasteiger partial charge is 0.453 e. The Morgan fingerprint density at radius 2 is 2.14 bits per heavy atom. The number of nitrogens with zero attached hydrogens (tertiary/aromatic N) is 3. The second-order valence-corrected chi connectivity index (χ2v) is 13.5. The molecule has 2 aliphatic rings. The van der Waals surface area contributed by atoms with Crippen LogP contribution in [0.2, 0.25) is 5.02 Å². The molecule has 0 bridgehead atoms. The number of ether oxygens (including phenoxy) is 1. The number of sulfonamides is 1. The number of benzene rings is 1. The van der Waals surface area contributed by atoms with Gasteiger partial charge in [-0.25, -0.2) is 22.9 Å². The van der Waals surface area contributed by atoms with E-state index in [1.165, 1.54) is 18.4 Å². The molecule has 2 aliphatic heterocycles. The zero-order valence-corrected chi connectivity index (χ0v) is 22.7. The summed E-state index contributed by atoms with van der Waals surface area (Å²) in [5.41, 5.74) is 1.45. The van der Waals surface area contributed by atoms with E-state index in [1.54, 1.807) is 33.8 Å². The van der Waals surface area contributed by atoms with Crippen molar-refractivity contribution in [2.24, 2.45) is 0 Å². The number of thioether (sulfide) groups is 1. The predicted octanol–water partition coefficient (Wildman–Crippen LogP) is 3.13. The number of hydrogen-bond donors (Lipinski definition) is 1. The molecule has 1 atom stereocenters. The van der Waals surface area contributed by atoms with E-state index in [4.69, 9.17) is 16.3 Å². The number of aromatic nitrogens is 1. The van der Waals surface area contributed by atoms with Crippen LogP contribution in [0, 0.1) is 0 Å². The van der Waals surface area contributed by atoms with Crippen molar-refractivity contribution in [2.75, 3.05) is 50.2 Å². The van der Waals surface area contributed by atoms with Gasteiger partial charge in [0.15, 0.2) is 0 Å². The maximum Gasteiger partial charge on any atom is 0.409 e. The van der Waals surface area contributed by atoms with E-state index in [0.717, 1.165) is 38.9 Å². The van der Waals surface area contributed by atoms with Gasteiger partial charge in [-0.3, -0.25) is 4.79 Å². The number of thiazole rings is 1. The quantitative estimate of drug-likeness (QED) is 0.391. The lowest BCUT2D eigenvalue weighted by molar-refractivity contribution is -0.118. The summed E-state index contributed by atoms with van der Waals surface area (Å²) in [6.45, 7) is 1.91. The molecule has 13 heteroatoms. The number of halogens is 1. The van der Waals surface area contributed by atoms with Gasteiger partial charge in [0.2, 0.25) is 15.9 Å². The number of rotatable bonds is 8. The van der Waals surface area contributed by atoms with E-state index in [9.17, 15) is 18.0 Å². The van der Waals surface area contributed by atoms with Crippen LogP contribution in [-0.4, -0.2) is 75.6 Å². The minimum atomic E-state index is -3.17. The fraction of sp³-hybridized carbons (Fsp3) is 0.500. The van der Waals surface area contributed by atoms with Crippen LogP contribution in [0.15, 0.2) is 28.6 Å². The summed E-state index contributed by atoms with van der Waals surface area (Å²) < 4.78 is 30.6. The highest BCUT2D eigenvalue weighted by molar-refractivity contribution is 8.01. The van der Waals surface area contributed by atoms with Gasteiger partial charge >= 0.3 is 6.09 Å². The number of likely N-dealkylation sites (tertiary alicyclic amines) is 1. The highest BCUT2D eigenvalue weighted by Gasteiger charge is 2.50. The molecular weight excluding hydrogens is 532 g/mol. The molecule has 0 saturated carbocycles. The van der Waals surface area contributed by atoms with Crippen LogP contribution in [0.4, 0.5) is 10.5 Å². The average Bonchev–Trinajstić information content (AvgIpc) is 3.51. The van der Waals surface area contributed by atoms with Gasteiger partial charge in [-0.05, 0) is 36.6 Å². The molecule has 1 unspecified atom stereocenters. The summed E-state index contributed by atoms with van der Waals surface area (Å²) in [6.07, 6.45) is 4.14. The first-order valence-electron chi connectivity index (χ1n) is 11.1. The van der Waals surface area contributed by atoms with E-state index in [1.807, 2.05) is 12.1 Å². The molecule has 1 fully saturated rings. The topological polar surface area (TPSA) is 109 Å². The summed E-state index contributed by atoms with van der Waals surface area (Å²) in [4.78, 5) is 33.3. The van der Waals surface area contributed by atoms with Gasteiger partial charge in [0, 0.05) is 48.1 Å². The molecule has 35 heavy (non-hydrogen) atoms. The van der Waals surface area contributed by atoms with E-state index in [-0.39, 0.29) is 23.8 Å². The van der Waals surface area contributed by atoms with Crippen LogP contribution >= 0.6 is 34.7 Å². The van der Waals surface area contributed by atoms with E-state index < -0.39 is 10.0 Å². The van der Waals surface area contributed by atoms with Crippen LogP contribution in [0.3, 0.4) is 0 Å². The maximum absolute atomic E-state index is 13.4.